The minimum absolute atomic E-state index is 0.252. The maximum Gasteiger partial charge on any atom is 0.393 e. The van der Waals surface area contributed by atoms with E-state index in [0.29, 0.717) is 12.8 Å². The van der Waals surface area contributed by atoms with Crippen LogP contribution in [0.25, 0.3) is 0 Å². The van der Waals surface area contributed by atoms with Gasteiger partial charge in [0.2, 0.25) is 0 Å². The fourth-order valence-corrected chi connectivity index (χ4v) is 2.57. The van der Waals surface area contributed by atoms with Crippen molar-refractivity contribution in [1.82, 2.24) is 10.6 Å². The maximum atomic E-state index is 13.8. The van der Waals surface area contributed by atoms with Crippen LogP contribution in [0.1, 0.15) is 78.1 Å². The second kappa shape index (κ2) is 13.0. The van der Waals surface area contributed by atoms with Crippen molar-refractivity contribution in [3.8, 4) is 0 Å². The van der Waals surface area contributed by atoms with Crippen LogP contribution in [0.2, 0.25) is 0 Å². The van der Waals surface area contributed by atoms with Gasteiger partial charge >= 0.3 is 17.8 Å². The summed E-state index contributed by atoms with van der Waals surface area (Å²) in [7, 11) is 0. The Bertz CT molecular complexity index is 459. The van der Waals surface area contributed by atoms with Gasteiger partial charge in [-0.15, -0.1) is 0 Å². The maximum absolute atomic E-state index is 13.8. The van der Waals surface area contributed by atoms with Crippen molar-refractivity contribution >= 4 is 11.8 Å². The molecule has 0 aromatic rings. The van der Waals surface area contributed by atoms with Crippen molar-refractivity contribution in [2.45, 2.75) is 95.8 Å². The minimum atomic E-state index is -6.17. The van der Waals surface area contributed by atoms with E-state index in [2.05, 4.69) is 0 Å². The first-order valence-corrected chi connectivity index (χ1v) is 10.2. The van der Waals surface area contributed by atoms with E-state index in [1.165, 1.54) is 0 Å². The summed E-state index contributed by atoms with van der Waals surface area (Å²) >= 11 is 0. The standard InChI is InChI=1S/C19H32F6N2O2/c1-3-5-7-9-11-13-26-15(28)17(20,21)19(24,25)18(22,23)16(29)27-14-12-10-8-6-4-2/h3-14H2,1-2H3,(H,26,28)(H,27,29). The molecule has 172 valence electrons. The minimum Gasteiger partial charge on any atom is -0.351 e. The molecule has 0 aliphatic rings. The second-order valence-electron chi connectivity index (χ2n) is 7.06. The van der Waals surface area contributed by atoms with Crippen LogP contribution in [0.15, 0.2) is 0 Å². The number of unbranched alkanes of at least 4 members (excludes halogenated alkanes) is 8. The molecule has 0 fully saturated rings. The Morgan fingerprint density at radius 2 is 0.897 bits per heavy atom. The molecule has 0 radical (unpaired) electrons. The Kier molecular flexibility index (Phi) is 12.3. The molecule has 29 heavy (non-hydrogen) atoms. The van der Waals surface area contributed by atoms with Gasteiger partial charge in [-0.2, -0.15) is 26.3 Å². The van der Waals surface area contributed by atoms with Gasteiger partial charge in [0.05, 0.1) is 0 Å². The van der Waals surface area contributed by atoms with Crippen LogP contribution in [0, 0.1) is 0 Å². The molecule has 0 aromatic carbocycles. The first-order chi connectivity index (χ1) is 13.5. The molecule has 0 spiro atoms. The molecular formula is C19H32F6N2O2. The van der Waals surface area contributed by atoms with E-state index >= 15 is 0 Å². The quantitative estimate of drug-likeness (QED) is 0.263. The summed E-state index contributed by atoms with van der Waals surface area (Å²) in [6.45, 7) is 3.22. The van der Waals surface area contributed by atoms with Gasteiger partial charge in [-0.1, -0.05) is 65.2 Å². The highest BCUT2D eigenvalue weighted by Gasteiger charge is 2.77. The smallest absolute Gasteiger partial charge is 0.351 e. The van der Waals surface area contributed by atoms with E-state index in [4.69, 9.17) is 0 Å². The summed E-state index contributed by atoms with van der Waals surface area (Å²) < 4.78 is 82.8. The molecule has 0 aromatic heterocycles. The van der Waals surface area contributed by atoms with E-state index < -0.39 is 29.6 Å². The van der Waals surface area contributed by atoms with Crippen LogP contribution in [-0.4, -0.2) is 42.7 Å². The number of carbonyl (C=O) groups is 2. The lowest BCUT2D eigenvalue weighted by Crippen LogP contribution is -2.65. The number of halogens is 6. The van der Waals surface area contributed by atoms with Gasteiger partial charge in [-0.3, -0.25) is 9.59 Å². The average Bonchev–Trinajstić information content (AvgIpc) is 2.66. The summed E-state index contributed by atoms with van der Waals surface area (Å²) in [4.78, 5) is 22.8. The first kappa shape index (κ1) is 27.5. The van der Waals surface area contributed by atoms with E-state index in [1.807, 2.05) is 13.8 Å². The molecule has 0 bridgehead atoms. The Labute approximate surface area is 168 Å². The van der Waals surface area contributed by atoms with Crippen LogP contribution in [-0.2, 0) is 9.59 Å². The lowest BCUT2D eigenvalue weighted by atomic mass is 10.0. The van der Waals surface area contributed by atoms with Crippen molar-refractivity contribution < 1.29 is 35.9 Å². The number of alkyl halides is 6. The normalized spacial score (nSPS) is 12.7. The van der Waals surface area contributed by atoms with Gasteiger partial charge < -0.3 is 10.6 Å². The highest BCUT2D eigenvalue weighted by atomic mass is 19.3. The van der Waals surface area contributed by atoms with E-state index in [1.54, 1.807) is 10.6 Å². The lowest BCUT2D eigenvalue weighted by molar-refractivity contribution is -0.287. The third kappa shape index (κ3) is 8.04. The lowest BCUT2D eigenvalue weighted by Gasteiger charge is -2.31. The van der Waals surface area contributed by atoms with Gasteiger partial charge in [-0.25, -0.2) is 0 Å². The molecule has 0 aliphatic heterocycles. The first-order valence-electron chi connectivity index (χ1n) is 10.2. The number of nitrogens with one attached hydrogen (secondary N) is 2. The highest BCUT2D eigenvalue weighted by Crippen LogP contribution is 2.46. The Morgan fingerprint density at radius 1 is 0.586 bits per heavy atom. The number of rotatable bonds is 16. The molecule has 0 saturated heterocycles. The molecular weight excluding hydrogens is 402 g/mol. The molecule has 10 heteroatoms. The van der Waals surface area contributed by atoms with Gasteiger partial charge in [0, 0.05) is 13.1 Å². The third-order valence-electron chi connectivity index (χ3n) is 4.49. The number of hydrogen-bond acceptors (Lipinski definition) is 2. The van der Waals surface area contributed by atoms with E-state index in [0.717, 1.165) is 38.5 Å². The molecule has 2 N–H and O–H groups in total. The van der Waals surface area contributed by atoms with Crippen LogP contribution in [0.4, 0.5) is 26.3 Å². The van der Waals surface area contributed by atoms with Crippen molar-refractivity contribution in [1.29, 1.82) is 0 Å². The van der Waals surface area contributed by atoms with E-state index in [-0.39, 0.29) is 25.9 Å². The average molecular weight is 434 g/mol. The van der Waals surface area contributed by atoms with Crippen LogP contribution >= 0.6 is 0 Å². The van der Waals surface area contributed by atoms with Crippen molar-refractivity contribution in [3.05, 3.63) is 0 Å². The van der Waals surface area contributed by atoms with Gasteiger partial charge in [0.25, 0.3) is 11.8 Å². The summed E-state index contributed by atoms with van der Waals surface area (Å²) in [6, 6.07) is 0. The second-order valence-corrected chi connectivity index (χ2v) is 7.06. The fourth-order valence-electron chi connectivity index (χ4n) is 2.57. The number of carbonyl (C=O) groups excluding carboxylic acids is 2. The van der Waals surface area contributed by atoms with Crippen molar-refractivity contribution in [2.24, 2.45) is 0 Å². The van der Waals surface area contributed by atoms with Crippen molar-refractivity contribution in [3.63, 3.8) is 0 Å². The molecule has 0 aliphatic carbocycles. The SMILES string of the molecule is CCCCCCCNC(=O)C(F)(F)C(F)(F)C(F)(F)C(=O)NCCCCCCC. The zero-order valence-electron chi connectivity index (χ0n) is 17.1. The summed E-state index contributed by atoms with van der Waals surface area (Å²) in [6.07, 6.45) is 6.83. The Morgan fingerprint density at radius 3 is 1.21 bits per heavy atom. The molecule has 0 atom stereocenters. The number of amides is 2. The molecule has 0 saturated carbocycles. The zero-order chi connectivity index (χ0) is 22.6. The highest BCUT2D eigenvalue weighted by molar-refractivity contribution is 5.89. The topological polar surface area (TPSA) is 58.2 Å². The van der Waals surface area contributed by atoms with Crippen LogP contribution < -0.4 is 10.6 Å². The number of hydrogen-bond donors (Lipinski definition) is 2. The molecule has 4 nitrogen and oxygen atoms in total. The zero-order valence-corrected chi connectivity index (χ0v) is 17.1. The fraction of sp³-hybridized carbons (Fsp3) is 0.895. The van der Waals surface area contributed by atoms with Crippen LogP contribution in [0.5, 0.6) is 0 Å². The molecule has 2 amide bonds. The summed E-state index contributed by atoms with van der Waals surface area (Å²) in [5.74, 6) is -22.7. The third-order valence-corrected chi connectivity index (χ3v) is 4.49. The Balaban J connectivity index is 4.74. The predicted octanol–water partition coefficient (Wildman–Crippen LogP) is 5.07. The van der Waals surface area contributed by atoms with Gasteiger partial charge in [0.15, 0.2) is 0 Å². The predicted molar refractivity (Wildman–Crippen MR) is 98.4 cm³/mol. The molecule has 0 unspecified atom stereocenters. The molecule has 0 rings (SSSR count). The van der Waals surface area contributed by atoms with E-state index in [9.17, 15) is 35.9 Å². The van der Waals surface area contributed by atoms with Gasteiger partial charge in [0.1, 0.15) is 0 Å². The molecule has 0 heterocycles. The Hall–Kier alpha value is -1.48. The van der Waals surface area contributed by atoms with Crippen LogP contribution in [0.3, 0.4) is 0 Å². The summed E-state index contributed by atoms with van der Waals surface area (Å²) in [5.41, 5.74) is 0. The van der Waals surface area contributed by atoms with Crippen molar-refractivity contribution in [2.75, 3.05) is 13.1 Å². The van der Waals surface area contributed by atoms with Gasteiger partial charge in [-0.05, 0) is 12.8 Å². The largest absolute Gasteiger partial charge is 0.393 e. The summed E-state index contributed by atoms with van der Waals surface area (Å²) in [5, 5.41) is 3.11. The monoisotopic (exact) mass is 434 g/mol.